The first-order valence-corrected chi connectivity index (χ1v) is 5.10. The van der Waals surface area contributed by atoms with E-state index in [0.717, 1.165) is 18.2 Å². The van der Waals surface area contributed by atoms with Gasteiger partial charge in [-0.15, -0.1) is 5.10 Å². The fraction of sp³-hybridized carbons (Fsp3) is 0.182. The van der Waals surface area contributed by atoms with Crippen LogP contribution in [0.2, 0.25) is 0 Å². The summed E-state index contributed by atoms with van der Waals surface area (Å²) >= 11 is 0. The molecule has 1 N–H and O–H groups in total. The smallest absolute Gasteiger partial charge is 0.416 e. The number of nitrogens with zero attached hydrogens (tertiary/aromatic N) is 2. The van der Waals surface area contributed by atoms with Gasteiger partial charge in [0.2, 0.25) is 5.78 Å². The Bertz CT molecular complexity index is 594. The van der Waals surface area contributed by atoms with Crippen LogP contribution < -0.4 is 4.74 Å². The number of H-pyrrole nitrogens is 1. The molecule has 0 radical (unpaired) electrons. The Hall–Kier alpha value is -2.38. The van der Waals surface area contributed by atoms with Crippen LogP contribution in [0.15, 0.2) is 24.4 Å². The molecule has 0 aliphatic heterocycles. The summed E-state index contributed by atoms with van der Waals surface area (Å²) in [5.74, 6) is -0.734. The van der Waals surface area contributed by atoms with Crippen LogP contribution in [0.3, 0.4) is 0 Å². The van der Waals surface area contributed by atoms with E-state index in [1.807, 2.05) is 0 Å². The standard InChI is InChI=1S/C11H8F3N3O2/c1-19-9-4-6(11(12,13)14)2-3-7(9)10(18)8-5-15-17-16-8/h2-5H,1H3,(H,15,16,17). The van der Waals surface area contributed by atoms with Crippen LogP contribution in [-0.4, -0.2) is 28.3 Å². The summed E-state index contributed by atoms with van der Waals surface area (Å²) in [6.45, 7) is 0. The van der Waals surface area contributed by atoms with Gasteiger partial charge in [0, 0.05) is 0 Å². The normalized spacial score (nSPS) is 11.4. The zero-order valence-electron chi connectivity index (χ0n) is 9.65. The summed E-state index contributed by atoms with van der Waals surface area (Å²) in [6, 6.07) is 2.64. The van der Waals surface area contributed by atoms with E-state index in [1.165, 1.54) is 13.3 Å². The minimum Gasteiger partial charge on any atom is -0.496 e. The molecule has 0 atom stereocenters. The Balaban J connectivity index is 2.45. The number of halogens is 3. The number of carbonyl (C=O) groups excluding carboxylic acids is 1. The van der Waals surface area contributed by atoms with Gasteiger partial charge in [0.25, 0.3) is 0 Å². The molecule has 0 aliphatic carbocycles. The van der Waals surface area contributed by atoms with Gasteiger partial charge in [-0.05, 0) is 18.2 Å². The molecule has 0 bridgehead atoms. The molecule has 0 amide bonds. The van der Waals surface area contributed by atoms with Gasteiger partial charge >= 0.3 is 6.18 Å². The molecule has 2 aromatic rings. The second-order valence-electron chi connectivity index (χ2n) is 3.60. The molecule has 0 saturated heterocycles. The fourth-order valence-corrected chi connectivity index (χ4v) is 1.51. The van der Waals surface area contributed by atoms with Gasteiger partial charge < -0.3 is 4.74 Å². The highest BCUT2D eigenvalue weighted by atomic mass is 19.4. The molecule has 1 heterocycles. The van der Waals surface area contributed by atoms with Gasteiger partial charge in [0.1, 0.15) is 5.75 Å². The monoisotopic (exact) mass is 271 g/mol. The van der Waals surface area contributed by atoms with Crippen LogP contribution in [-0.2, 0) is 6.18 Å². The lowest BCUT2D eigenvalue weighted by atomic mass is 10.0. The second kappa shape index (κ2) is 4.71. The maximum Gasteiger partial charge on any atom is 0.416 e. The average Bonchev–Trinajstić information content (AvgIpc) is 2.90. The van der Waals surface area contributed by atoms with Crippen molar-refractivity contribution in [2.45, 2.75) is 6.18 Å². The van der Waals surface area contributed by atoms with Crippen molar-refractivity contribution in [3.8, 4) is 5.75 Å². The minimum absolute atomic E-state index is 0.00180. The van der Waals surface area contributed by atoms with Gasteiger partial charge in [-0.1, -0.05) is 5.21 Å². The number of benzene rings is 1. The zero-order valence-corrected chi connectivity index (χ0v) is 9.65. The predicted octanol–water partition coefficient (Wildman–Crippen LogP) is 2.06. The molecule has 1 aromatic carbocycles. The van der Waals surface area contributed by atoms with Crippen molar-refractivity contribution in [1.82, 2.24) is 15.4 Å². The van der Waals surface area contributed by atoms with Crippen LogP contribution in [0, 0.1) is 0 Å². The van der Waals surface area contributed by atoms with E-state index >= 15 is 0 Å². The van der Waals surface area contributed by atoms with Crippen LogP contribution in [0.5, 0.6) is 5.75 Å². The summed E-state index contributed by atoms with van der Waals surface area (Å²) in [5, 5.41) is 9.22. The largest absolute Gasteiger partial charge is 0.496 e. The fourth-order valence-electron chi connectivity index (χ4n) is 1.51. The van der Waals surface area contributed by atoms with Crippen molar-refractivity contribution in [3.05, 3.63) is 41.2 Å². The van der Waals surface area contributed by atoms with Gasteiger partial charge in [-0.3, -0.25) is 9.89 Å². The summed E-state index contributed by atoms with van der Waals surface area (Å²) in [6.07, 6.45) is -3.25. The van der Waals surface area contributed by atoms with Crippen LogP contribution >= 0.6 is 0 Å². The van der Waals surface area contributed by atoms with Crippen molar-refractivity contribution in [2.24, 2.45) is 0 Å². The molecule has 5 nitrogen and oxygen atoms in total. The number of carbonyl (C=O) groups is 1. The lowest BCUT2D eigenvalue weighted by molar-refractivity contribution is -0.137. The number of ether oxygens (including phenoxy) is 1. The number of aromatic nitrogens is 3. The Morgan fingerprint density at radius 2 is 2.11 bits per heavy atom. The molecule has 1 aromatic heterocycles. The SMILES string of the molecule is COc1cc(C(F)(F)F)ccc1C(=O)c1c[nH]nn1. The molecule has 0 spiro atoms. The number of alkyl halides is 3. The van der Waals surface area contributed by atoms with E-state index in [9.17, 15) is 18.0 Å². The highest BCUT2D eigenvalue weighted by Gasteiger charge is 2.32. The van der Waals surface area contributed by atoms with Crippen molar-refractivity contribution in [3.63, 3.8) is 0 Å². The molecule has 2 rings (SSSR count). The van der Waals surface area contributed by atoms with E-state index in [-0.39, 0.29) is 17.0 Å². The molecular formula is C11H8F3N3O2. The van der Waals surface area contributed by atoms with Gasteiger partial charge in [-0.2, -0.15) is 13.2 Å². The second-order valence-corrected chi connectivity index (χ2v) is 3.60. The third-order valence-corrected chi connectivity index (χ3v) is 2.42. The Labute approximate surface area is 105 Å². The van der Waals surface area contributed by atoms with Crippen LogP contribution in [0.4, 0.5) is 13.2 Å². The first kappa shape index (κ1) is 13.1. The number of rotatable bonds is 3. The third kappa shape index (κ3) is 2.56. The maximum absolute atomic E-state index is 12.5. The highest BCUT2D eigenvalue weighted by Crippen LogP contribution is 2.33. The number of hydrogen-bond acceptors (Lipinski definition) is 4. The molecule has 8 heteroatoms. The average molecular weight is 271 g/mol. The minimum atomic E-state index is -4.50. The molecule has 0 saturated carbocycles. The lowest BCUT2D eigenvalue weighted by Gasteiger charge is -2.11. The molecule has 19 heavy (non-hydrogen) atoms. The first-order chi connectivity index (χ1) is 8.93. The topological polar surface area (TPSA) is 67.9 Å². The number of nitrogens with one attached hydrogen (secondary N) is 1. The third-order valence-electron chi connectivity index (χ3n) is 2.42. The van der Waals surface area contributed by atoms with Gasteiger partial charge in [0.05, 0.1) is 24.4 Å². The van der Waals surface area contributed by atoms with Crippen LogP contribution in [0.1, 0.15) is 21.6 Å². The number of ketones is 1. The Morgan fingerprint density at radius 1 is 1.37 bits per heavy atom. The van der Waals surface area contributed by atoms with Crippen molar-refractivity contribution < 1.29 is 22.7 Å². The van der Waals surface area contributed by atoms with E-state index < -0.39 is 17.5 Å². The molecule has 0 fully saturated rings. The van der Waals surface area contributed by atoms with E-state index in [2.05, 4.69) is 15.4 Å². The lowest BCUT2D eigenvalue weighted by Crippen LogP contribution is -2.09. The Kier molecular flexibility index (Phi) is 3.24. The molecule has 100 valence electrons. The van der Waals surface area contributed by atoms with E-state index in [4.69, 9.17) is 4.74 Å². The summed E-state index contributed by atoms with van der Waals surface area (Å²) in [4.78, 5) is 12.0. The summed E-state index contributed by atoms with van der Waals surface area (Å²) in [7, 11) is 1.19. The van der Waals surface area contributed by atoms with Crippen LogP contribution in [0.25, 0.3) is 0 Å². The number of methoxy groups -OCH3 is 1. The molecule has 0 aliphatic rings. The van der Waals surface area contributed by atoms with Crippen molar-refractivity contribution in [1.29, 1.82) is 0 Å². The van der Waals surface area contributed by atoms with Crippen molar-refractivity contribution in [2.75, 3.05) is 7.11 Å². The predicted molar refractivity (Wildman–Crippen MR) is 57.8 cm³/mol. The van der Waals surface area contributed by atoms with Crippen molar-refractivity contribution >= 4 is 5.78 Å². The van der Waals surface area contributed by atoms with E-state index in [0.29, 0.717) is 0 Å². The maximum atomic E-state index is 12.5. The highest BCUT2D eigenvalue weighted by molar-refractivity contribution is 6.09. The number of hydrogen-bond donors (Lipinski definition) is 1. The summed E-state index contributed by atoms with van der Waals surface area (Å²) < 4.78 is 42.4. The summed E-state index contributed by atoms with van der Waals surface area (Å²) in [5.41, 5.74) is -0.900. The first-order valence-electron chi connectivity index (χ1n) is 5.10. The van der Waals surface area contributed by atoms with Gasteiger partial charge in [-0.25, -0.2) is 0 Å². The van der Waals surface area contributed by atoms with E-state index in [1.54, 1.807) is 0 Å². The zero-order chi connectivity index (χ0) is 14.0. The number of aromatic amines is 1. The quantitative estimate of drug-likeness (QED) is 0.868. The van der Waals surface area contributed by atoms with Gasteiger partial charge in [0.15, 0.2) is 5.69 Å². The molecular weight excluding hydrogens is 263 g/mol. The molecule has 0 unspecified atom stereocenters. The Morgan fingerprint density at radius 3 is 2.63 bits per heavy atom.